The van der Waals surface area contributed by atoms with E-state index in [1.165, 1.54) is 0 Å². The molecular weight excluding hydrogens is 209 g/mol. The molecular formula is C10H20Y-2. The molecule has 0 heterocycles. The van der Waals surface area contributed by atoms with Crippen molar-refractivity contribution in [3.8, 4) is 0 Å². The summed E-state index contributed by atoms with van der Waals surface area (Å²) < 4.78 is 0. The fraction of sp³-hybridized carbons (Fsp3) is 0.800. The van der Waals surface area contributed by atoms with E-state index in [-0.39, 0.29) is 32.7 Å². The van der Waals surface area contributed by atoms with Gasteiger partial charge in [-0.2, -0.15) is 11.8 Å². The zero-order valence-electron chi connectivity index (χ0n) is 8.30. The van der Waals surface area contributed by atoms with Gasteiger partial charge in [0, 0.05) is 32.7 Å². The third-order valence-corrected chi connectivity index (χ3v) is 2.26. The molecule has 1 radical (unpaired) electrons. The van der Waals surface area contributed by atoms with Crippen LogP contribution in [0.4, 0.5) is 0 Å². The van der Waals surface area contributed by atoms with E-state index in [4.69, 9.17) is 0 Å². The van der Waals surface area contributed by atoms with Gasteiger partial charge in [0.15, 0.2) is 0 Å². The van der Waals surface area contributed by atoms with Crippen LogP contribution in [0.1, 0.15) is 27.7 Å². The number of rotatable bonds is 3. The Bertz CT molecular complexity index is 74.9. The van der Waals surface area contributed by atoms with Crippen molar-refractivity contribution in [1.29, 1.82) is 0 Å². The molecule has 0 saturated carbocycles. The maximum absolute atomic E-state index is 4.10. The molecule has 0 aliphatic carbocycles. The van der Waals surface area contributed by atoms with Gasteiger partial charge in [-0.15, -0.1) is 0 Å². The Morgan fingerprint density at radius 1 is 0.727 bits per heavy atom. The maximum atomic E-state index is 4.10. The van der Waals surface area contributed by atoms with Crippen LogP contribution in [0.25, 0.3) is 0 Å². The topological polar surface area (TPSA) is 0 Å². The van der Waals surface area contributed by atoms with Crippen molar-refractivity contribution in [3.63, 3.8) is 0 Å². The molecule has 0 aromatic rings. The van der Waals surface area contributed by atoms with Crippen LogP contribution in [0.2, 0.25) is 0 Å². The standard InChI is InChI=1S/C10H20.Y/c1-7(2)9(5)10(6)8(3)4;/h7-10H,5-6H2,1-4H3;/q-2;/t9-,10-;/m1./s1. The number of hydrogen-bond donors (Lipinski definition) is 0. The molecule has 0 spiro atoms. The Hall–Kier alpha value is 1.10. The molecule has 0 amide bonds. The molecule has 0 nitrogen and oxygen atoms in total. The van der Waals surface area contributed by atoms with Crippen LogP contribution >= 0.6 is 0 Å². The van der Waals surface area contributed by atoms with Crippen LogP contribution in [-0.2, 0) is 32.7 Å². The zero-order chi connectivity index (χ0) is 8.31. The van der Waals surface area contributed by atoms with Gasteiger partial charge < -0.3 is 13.8 Å². The van der Waals surface area contributed by atoms with Gasteiger partial charge in [0.2, 0.25) is 0 Å². The van der Waals surface area contributed by atoms with Crippen LogP contribution in [-0.4, -0.2) is 0 Å². The molecule has 0 saturated heterocycles. The van der Waals surface area contributed by atoms with Crippen LogP contribution in [0.3, 0.4) is 0 Å². The normalized spacial score (nSPS) is 16.4. The zero-order valence-corrected chi connectivity index (χ0v) is 11.1. The predicted octanol–water partition coefficient (Wildman–Crippen LogP) is 3.20. The van der Waals surface area contributed by atoms with Crippen molar-refractivity contribution >= 4 is 0 Å². The molecule has 0 N–H and O–H groups in total. The summed E-state index contributed by atoms with van der Waals surface area (Å²) in [6, 6.07) is 0. The Morgan fingerprint density at radius 3 is 1.00 bits per heavy atom. The van der Waals surface area contributed by atoms with Crippen LogP contribution in [0.5, 0.6) is 0 Å². The molecule has 0 aromatic carbocycles. The third kappa shape index (κ3) is 5.36. The average molecular weight is 229 g/mol. The summed E-state index contributed by atoms with van der Waals surface area (Å²) in [5, 5.41) is 0. The molecule has 0 aliphatic heterocycles. The first kappa shape index (κ1) is 14.6. The van der Waals surface area contributed by atoms with Gasteiger partial charge in [0.25, 0.3) is 0 Å². The van der Waals surface area contributed by atoms with Crippen molar-refractivity contribution in [2.24, 2.45) is 23.7 Å². The Kier molecular flexibility index (Phi) is 8.77. The summed E-state index contributed by atoms with van der Waals surface area (Å²) in [5.74, 6) is 2.31. The van der Waals surface area contributed by atoms with Crippen LogP contribution in [0, 0.1) is 37.5 Å². The molecule has 0 unspecified atom stereocenters. The molecule has 0 aliphatic rings. The van der Waals surface area contributed by atoms with Gasteiger partial charge >= 0.3 is 0 Å². The fourth-order valence-corrected chi connectivity index (χ4v) is 0.989. The van der Waals surface area contributed by atoms with E-state index in [1.807, 2.05) is 0 Å². The molecule has 0 bridgehead atoms. The summed E-state index contributed by atoms with van der Waals surface area (Å²) >= 11 is 0. The maximum Gasteiger partial charge on any atom is 0 e. The van der Waals surface area contributed by atoms with Gasteiger partial charge in [-0.3, -0.25) is 0 Å². The molecule has 1 heteroatoms. The molecule has 0 aromatic heterocycles. The Labute approximate surface area is 97.4 Å². The molecule has 0 rings (SSSR count). The SMILES string of the molecule is [CH2-][C@H](C(C)C)[C@H]([CH2-])C(C)C.[Y]. The summed E-state index contributed by atoms with van der Waals surface area (Å²) in [6.07, 6.45) is 0. The van der Waals surface area contributed by atoms with E-state index in [0.717, 1.165) is 0 Å². The molecule has 65 valence electrons. The van der Waals surface area contributed by atoms with Gasteiger partial charge in [-0.25, -0.2) is 0 Å². The van der Waals surface area contributed by atoms with Crippen molar-refractivity contribution < 1.29 is 32.7 Å². The van der Waals surface area contributed by atoms with E-state index >= 15 is 0 Å². The Balaban J connectivity index is 0. The van der Waals surface area contributed by atoms with Gasteiger partial charge in [0.1, 0.15) is 0 Å². The minimum atomic E-state index is 0. The second-order valence-corrected chi connectivity index (χ2v) is 3.82. The first-order valence-electron chi connectivity index (χ1n) is 4.13. The second kappa shape index (κ2) is 6.60. The van der Waals surface area contributed by atoms with Crippen molar-refractivity contribution in [2.75, 3.05) is 0 Å². The summed E-state index contributed by atoms with van der Waals surface area (Å²) in [4.78, 5) is 0. The average Bonchev–Trinajstić information content (AvgIpc) is 1.84. The minimum absolute atomic E-state index is 0. The van der Waals surface area contributed by atoms with Crippen LogP contribution in [0.15, 0.2) is 0 Å². The third-order valence-electron chi connectivity index (χ3n) is 2.26. The van der Waals surface area contributed by atoms with Crippen molar-refractivity contribution in [3.05, 3.63) is 13.8 Å². The predicted molar refractivity (Wildman–Crippen MR) is 47.4 cm³/mol. The molecule has 11 heavy (non-hydrogen) atoms. The van der Waals surface area contributed by atoms with E-state index in [1.54, 1.807) is 0 Å². The first-order chi connectivity index (χ1) is 4.46. The first-order valence-corrected chi connectivity index (χ1v) is 4.13. The second-order valence-electron chi connectivity index (χ2n) is 3.82. The quantitative estimate of drug-likeness (QED) is 0.652. The molecule has 0 fully saturated rings. The summed E-state index contributed by atoms with van der Waals surface area (Å²) in [7, 11) is 0. The smallest absolute Gasteiger partial charge is 0 e. The van der Waals surface area contributed by atoms with Crippen molar-refractivity contribution in [1.82, 2.24) is 0 Å². The Morgan fingerprint density at radius 2 is 0.909 bits per heavy atom. The van der Waals surface area contributed by atoms with Crippen LogP contribution < -0.4 is 0 Å². The van der Waals surface area contributed by atoms with Gasteiger partial charge in [-0.05, 0) is 0 Å². The van der Waals surface area contributed by atoms with E-state index in [0.29, 0.717) is 23.7 Å². The monoisotopic (exact) mass is 229 g/mol. The number of hydrogen-bond acceptors (Lipinski definition) is 0. The summed E-state index contributed by atoms with van der Waals surface area (Å²) in [6.45, 7) is 17.0. The van der Waals surface area contributed by atoms with E-state index < -0.39 is 0 Å². The van der Waals surface area contributed by atoms with Gasteiger partial charge in [-0.1, -0.05) is 39.5 Å². The molecule has 2 atom stereocenters. The fourth-order valence-electron chi connectivity index (χ4n) is 0.989. The summed E-state index contributed by atoms with van der Waals surface area (Å²) in [5.41, 5.74) is 0. The van der Waals surface area contributed by atoms with Crippen molar-refractivity contribution in [2.45, 2.75) is 27.7 Å². The van der Waals surface area contributed by atoms with E-state index in [2.05, 4.69) is 41.5 Å². The largest absolute Gasteiger partial charge is 0.342 e. The minimum Gasteiger partial charge on any atom is -0.342 e. The van der Waals surface area contributed by atoms with Gasteiger partial charge in [0.05, 0.1) is 0 Å². The van der Waals surface area contributed by atoms with E-state index in [9.17, 15) is 0 Å².